The lowest BCUT2D eigenvalue weighted by atomic mass is 10.2. The maximum absolute atomic E-state index is 12.5. The Kier molecular flexibility index (Phi) is 4.60. The number of rotatable bonds is 2. The topological polar surface area (TPSA) is 40.6 Å². The van der Waals surface area contributed by atoms with E-state index in [9.17, 15) is 9.59 Å². The molecule has 1 aromatic rings. The molecule has 0 spiro atoms. The summed E-state index contributed by atoms with van der Waals surface area (Å²) >= 11 is 3.34. The van der Waals surface area contributed by atoms with Crippen molar-refractivity contribution < 1.29 is 9.59 Å². The number of hydrazine groups is 1. The minimum Gasteiger partial charge on any atom is -0.268 e. The Balaban J connectivity index is 2.18. The lowest BCUT2D eigenvalue weighted by Gasteiger charge is -2.27. The lowest BCUT2D eigenvalue weighted by molar-refractivity contribution is -0.135. The summed E-state index contributed by atoms with van der Waals surface area (Å²) in [5, 5.41) is 3.06. The van der Waals surface area contributed by atoms with Gasteiger partial charge in [0.1, 0.15) is 0 Å². The van der Waals surface area contributed by atoms with E-state index in [2.05, 4.69) is 15.9 Å². The van der Waals surface area contributed by atoms with Crippen LogP contribution in [0.25, 0.3) is 0 Å². The van der Waals surface area contributed by atoms with Crippen molar-refractivity contribution in [2.24, 2.45) is 0 Å². The number of carbonyl (C=O) groups excluding carboxylic acids is 2. The highest BCUT2D eigenvalue weighted by Crippen LogP contribution is 2.18. The van der Waals surface area contributed by atoms with Gasteiger partial charge in [-0.05, 0) is 44.5 Å². The molecule has 1 fully saturated rings. The van der Waals surface area contributed by atoms with E-state index in [1.165, 1.54) is 10.0 Å². The van der Waals surface area contributed by atoms with Gasteiger partial charge in [0.15, 0.2) is 0 Å². The summed E-state index contributed by atoms with van der Waals surface area (Å²) in [4.78, 5) is 24.6. The molecule has 1 saturated heterocycles. The highest BCUT2D eigenvalue weighted by molar-refractivity contribution is 9.10. The smallest absolute Gasteiger partial charge is 0.268 e. The first kappa shape index (κ1) is 14.8. The average molecular weight is 337 g/mol. The highest BCUT2D eigenvalue weighted by Gasteiger charge is 2.30. The highest BCUT2D eigenvalue weighted by atomic mass is 79.9. The standard InChI is InChI=1S/C15H17BrN2O2/c1-11(2)10-14(19)17-8-3-9-18(17)15(20)12-4-6-13(16)7-5-12/h4-7,10H,3,8-9H2,1-2H3. The Bertz CT molecular complexity index is 547. The molecule has 0 aliphatic carbocycles. The normalized spacial score (nSPS) is 14.3. The monoisotopic (exact) mass is 336 g/mol. The number of allylic oxidation sites excluding steroid dienone is 1. The van der Waals surface area contributed by atoms with Crippen LogP contribution in [0.15, 0.2) is 40.4 Å². The van der Waals surface area contributed by atoms with Crippen LogP contribution in [0, 0.1) is 0 Å². The van der Waals surface area contributed by atoms with E-state index in [0.29, 0.717) is 18.7 Å². The average Bonchev–Trinajstić information content (AvgIpc) is 2.87. The molecule has 0 N–H and O–H groups in total. The number of benzene rings is 1. The third-order valence-electron chi connectivity index (χ3n) is 3.02. The fraction of sp³-hybridized carbons (Fsp3) is 0.333. The molecule has 0 radical (unpaired) electrons. The third kappa shape index (κ3) is 3.28. The van der Waals surface area contributed by atoms with Gasteiger partial charge in [-0.3, -0.25) is 9.59 Å². The molecule has 1 aliphatic heterocycles. The second-order valence-electron chi connectivity index (χ2n) is 4.97. The molecule has 0 saturated carbocycles. The number of amides is 2. The zero-order valence-electron chi connectivity index (χ0n) is 11.6. The maximum atomic E-state index is 12.5. The van der Waals surface area contributed by atoms with E-state index in [-0.39, 0.29) is 11.8 Å². The Morgan fingerprint density at radius 2 is 1.70 bits per heavy atom. The van der Waals surface area contributed by atoms with Gasteiger partial charge in [-0.1, -0.05) is 21.5 Å². The fourth-order valence-electron chi connectivity index (χ4n) is 2.11. The first-order valence-corrected chi connectivity index (χ1v) is 7.32. The quantitative estimate of drug-likeness (QED) is 0.779. The predicted molar refractivity (Wildman–Crippen MR) is 80.9 cm³/mol. The molecule has 0 atom stereocenters. The molecule has 0 aromatic heterocycles. The molecule has 106 valence electrons. The van der Waals surface area contributed by atoms with Crippen molar-refractivity contribution in [1.82, 2.24) is 10.0 Å². The number of carbonyl (C=O) groups is 2. The summed E-state index contributed by atoms with van der Waals surface area (Å²) in [6, 6.07) is 7.17. The van der Waals surface area contributed by atoms with Gasteiger partial charge in [0.25, 0.3) is 11.8 Å². The van der Waals surface area contributed by atoms with Gasteiger partial charge in [-0.2, -0.15) is 0 Å². The molecule has 1 aliphatic rings. The van der Waals surface area contributed by atoms with Crippen molar-refractivity contribution in [3.8, 4) is 0 Å². The van der Waals surface area contributed by atoms with Gasteiger partial charge in [0.05, 0.1) is 0 Å². The van der Waals surface area contributed by atoms with E-state index in [1.807, 2.05) is 26.0 Å². The summed E-state index contributed by atoms with van der Waals surface area (Å²) in [6.07, 6.45) is 2.37. The van der Waals surface area contributed by atoms with Crippen molar-refractivity contribution in [1.29, 1.82) is 0 Å². The van der Waals surface area contributed by atoms with Gasteiger partial charge in [0, 0.05) is 29.2 Å². The molecule has 0 unspecified atom stereocenters. The van der Waals surface area contributed by atoms with Gasteiger partial charge >= 0.3 is 0 Å². The van der Waals surface area contributed by atoms with E-state index in [0.717, 1.165) is 16.5 Å². The fourth-order valence-corrected chi connectivity index (χ4v) is 2.38. The summed E-state index contributed by atoms with van der Waals surface area (Å²) in [6.45, 7) is 4.91. The molecule has 20 heavy (non-hydrogen) atoms. The van der Waals surface area contributed by atoms with Crippen molar-refractivity contribution in [2.45, 2.75) is 20.3 Å². The largest absolute Gasteiger partial charge is 0.272 e. The Morgan fingerprint density at radius 3 is 2.30 bits per heavy atom. The summed E-state index contributed by atoms with van der Waals surface area (Å²) in [7, 11) is 0. The Morgan fingerprint density at radius 1 is 1.10 bits per heavy atom. The number of nitrogens with zero attached hydrogens (tertiary/aromatic N) is 2. The number of hydrogen-bond donors (Lipinski definition) is 0. The second kappa shape index (κ2) is 6.22. The Hall–Kier alpha value is -1.62. The maximum Gasteiger partial charge on any atom is 0.272 e. The van der Waals surface area contributed by atoms with Gasteiger partial charge in [-0.25, -0.2) is 10.0 Å². The van der Waals surface area contributed by atoms with Gasteiger partial charge in [-0.15, -0.1) is 0 Å². The van der Waals surface area contributed by atoms with E-state index in [1.54, 1.807) is 18.2 Å². The first-order valence-electron chi connectivity index (χ1n) is 6.53. The van der Waals surface area contributed by atoms with Crippen LogP contribution in [-0.2, 0) is 4.79 Å². The Labute approximate surface area is 127 Å². The van der Waals surface area contributed by atoms with Crippen LogP contribution in [-0.4, -0.2) is 34.9 Å². The molecule has 2 rings (SSSR count). The molecule has 5 heteroatoms. The molecule has 2 amide bonds. The van der Waals surface area contributed by atoms with E-state index >= 15 is 0 Å². The zero-order chi connectivity index (χ0) is 14.7. The predicted octanol–water partition coefficient (Wildman–Crippen LogP) is 3.00. The molecular weight excluding hydrogens is 320 g/mol. The van der Waals surface area contributed by atoms with E-state index < -0.39 is 0 Å². The second-order valence-corrected chi connectivity index (χ2v) is 5.89. The third-order valence-corrected chi connectivity index (χ3v) is 3.55. The van der Waals surface area contributed by atoms with Crippen LogP contribution in [0.4, 0.5) is 0 Å². The van der Waals surface area contributed by atoms with Crippen LogP contribution >= 0.6 is 15.9 Å². The van der Waals surface area contributed by atoms with Crippen LogP contribution in [0.5, 0.6) is 0 Å². The molecule has 1 heterocycles. The minimum atomic E-state index is -0.134. The SMILES string of the molecule is CC(C)=CC(=O)N1CCCN1C(=O)c1ccc(Br)cc1. The number of halogens is 1. The zero-order valence-corrected chi connectivity index (χ0v) is 13.2. The van der Waals surface area contributed by atoms with Crippen LogP contribution in [0.3, 0.4) is 0 Å². The summed E-state index contributed by atoms with van der Waals surface area (Å²) < 4.78 is 0.924. The molecule has 1 aromatic carbocycles. The minimum absolute atomic E-state index is 0.132. The van der Waals surface area contributed by atoms with Crippen molar-refractivity contribution >= 4 is 27.7 Å². The van der Waals surface area contributed by atoms with Crippen LogP contribution in [0.1, 0.15) is 30.6 Å². The lowest BCUT2D eigenvalue weighted by Crippen LogP contribution is -2.44. The summed E-state index contributed by atoms with van der Waals surface area (Å²) in [5.74, 6) is -0.265. The van der Waals surface area contributed by atoms with Crippen LogP contribution in [0.2, 0.25) is 0 Å². The van der Waals surface area contributed by atoms with E-state index in [4.69, 9.17) is 0 Å². The van der Waals surface area contributed by atoms with Gasteiger partial charge in [0.2, 0.25) is 0 Å². The van der Waals surface area contributed by atoms with Crippen molar-refractivity contribution in [2.75, 3.05) is 13.1 Å². The molecular formula is C15H17BrN2O2. The summed E-state index contributed by atoms with van der Waals surface area (Å²) in [5.41, 5.74) is 1.52. The van der Waals surface area contributed by atoms with Crippen LogP contribution < -0.4 is 0 Å². The molecule has 4 nitrogen and oxygen atoms in total. The van der Waals surface area contributed by atoms with Crippen molar-refractivity contribution in [3.05, 3.63) is 46.0 Å². The van der Waals surface area contributed by atoms with Gasteiger partial charge < -0.3 is 0 Å². The van der Waals surface area contributed by atoms with Crippen molar-refractivity contribution in [3.63, 3.8) is 0 Å². The number of hydrogen-bond acceptors (Lipinski definition) is 2. The first-order chi connectivity index (χ1) is 9.49. The molecule has 0 bridgehead atoms.